The zero-order chi connectivity index (χ0) is 9.72. The molecule has 0 aliphatic rings. The van der Waals surface area contributed by atoms with Gasteiger partial charge in [-0.25, -0.2) is 0 Å². The van der Waals surface area contributed by atoms with Gasteiger partial charge in [-0.2, -0.15) is 31.9 Å². The minimum Gasteiger partial charge on any atom is -0.402 e. The van der Waals surface area contributed by atoms with Crippen molar-refractivity contribution >= 4 is 55.1 Å². The maximum atomic E-state index is 7.17. The first-order chi connectivity index (χ1) is 5.45. The molecule has 3 N–H and O–H groups in total. The van der Waals surface area contributed by atoms with Crippen LogP contribution in [0.5, 0.6) is 0 Å². The summed E-state index contributed by atoms with van der Waals surface area (Å²) in [7, 11) is -2.17. The van der Waals surface area contributed by atoms with E-state index in [-0.39, 0.29) is 17.1 Å². The zero-order valence-electron chi connectivity index (χ0n) is 5.75. The van der Waals surface area contributed by atoms with Crippen LogP contribution in [-0.2, 0) is 17.1 Å². The van der Waals surface area contributed by atoms with E-state index in [1.54, 1.807) is 0 Å². The SMILES string of the molecule is Brc1nn[c-](Br)c1Br.OB(O)O.[Cu+]. The van der Waals surface area contributed by atoms with Gasteiger partial charge in [-0.05, 0) is 9.21 Å². The molecule has 5 nitrogen and oxygen atoms in total. The number of nitrogens with zero attached hydrogens (tertiary/aromatic N) is 2. The molecule has 0 aliphatic heterocycles. The Kier molecular flexibility index (Phi) is 10.7. The van der Waals surface area contributed by atoms with Gasteiger partial charge in [-0.3, -0.25) is 10.2 Å². The summed E-state index contributed by atoms with van der Waals surface area (Å²) in [6.07, 6.45) is 0. The van der Waals surface area contributed by atoms with Crippen LogP contribution in [0, 0.1) is 0 Å². The number of rotatable bonds is 0. The normalized spacial score (nSPS) is 8.15. The van der Waals surface area contributed by atoms with Gasteiger partial charge in [-0.15, -0.1) is 0 Å². The molecule has 0 spiro atoms. The van der Waals surface area contributed by atoms with E-state index in [1.165, 1.54) is 0 Å². The van der Waals surface area contributed by atoms with Gasteiger partial charge in [0.2, 0.25) is 0 Å². The fourth-order valence-electron chi connectivity index (χ4n) is 0.261. The molecule has 0 atom stereocenters. The molecule has 1 aromatic heterocycles. The van der Waals surface area contributed by atoms with E-state index in [0.717, 1.165) is 13.7 Å². The van der Waals surface area contributed by atoms with Crippen molar-refractivity contribution in [1.82, 2.24) is 10.2 Å². The second-order valence-electron chi connectivity index (χ2n) is 1.44. The first-order valence-electron chi connectivity index (χ1n) is 2.49. The summed E-state index contributed by atoms with van der Waals surface area (Å²) < 4.78 is 2.31. The summed E-state index contributed by atoms with van der Waals surface area (Å²) in [6.45, 7) is 0. The first kappa shape index (κ1) is 16.5. The molecule has 0 radical (unpaired) electrons. The summed E-state index contributed by atoms with van der Waals surface area (Å²) in [4.78, 5) is 0. The third-order valence-corrected chi connectivity index (χ3v) is 3.51. The van der Waals surface area contributed by atoms with Crippen LogP contribution in [0.3, 0.4) is 0 Å². The van der Waals surface area contributed by atoms with Crippen LogP contribution in [0.25, 0.3) is 0 Å². The molecule has 13 heavy (non-hydrogen) atoms. The van der Waals surface area contributed by atoms with E-state index < -0.39 is 7.32 Å². The van der Waals surface area contributed by atoms with Crippen molar-refractivity contribution < 1.29 is 32.1 Å². The van der Waals surface area contributed by atoms with Crippen molar-refractivity contribution in [3.05, 3.63) is 13.7 Å². The monoisotopic (exact) mass is 426 g/mol. The minimum atomic E-state index is -2.17. The third-order valence-electron chi connectivity index (χ3n) is 0.588. The first-order valence-corrected chi connectivity index (χ1v) is 4.87. The fourth-order valence-corrected chi connectivity index (χ4v) is 1.22. The van der Waals surface area contributed by atoms with Gasteiger partial charge in [0.05, 0.1) is 0 Å². The Labute approximate surface area is 110 Å². The van der Waals surface area contributed by atoms with Crippen LogP contribution >= 0.6 is 47.8 Å². The van der Waals surface area contributed by atoms with E-state index >= 15 is 0 Å². The molecule has 1 aromatic rings. The molecule has 0 aromatic carbocycles. The predicted molar refractivity (Wildman–Crippen MR) is 53.1 cm³/mol. The summed E-state index contributed by atoms with van der Waals surface area (Å²) in [5, 5.41) is 28.9. The van der Waals surface area contributed by atoms with Crippen LogP contribution in [0.2, 0.25) is 0 Å². The van der Waals surface area contributed by atoms with Gasteiger partial charge in [0.1, 0.15) is 0 Å². The summed E-state index contributed by atoms with van der Waals surface area (Å²) in [6, 6.07) is 0. The van der Waals surface area contributed by atoms with Crippen LogP contribution in [0.15, 0.2) is 13.7 Å². The average molecular weight is 429 g/mol. The van der Waals surface area contributed by atoms with Gasteiger partial charge < -0.3 is 15.1 Å². The third kappa shape index (κ3) is 8.13. The molecule has 10 heteroatoms. The van der Waals surface area contributed by atoms with Crippen molar-refractivity contribution in [2.45, 2.75) is 0 Å². The molecule has 78 valence electrons. The predicted octanol–water partition coefficient (Wildman–Crippen LogP) is 0.429. The maximum Gasteiger partial charge on any atom is 1.00 e. The number of halogens is 3. The topological polar surface area (TPSA) is 86.5 Å². The molecule has 0 saturated heterocycles. The molecular weight excluding hydrogens is 426 g/mol. The van der Waals surface area contributed by atoms with Crippen LogP contribution in [0.1, 0.15) is 0 Å². The summed E-state index contributed by atoms with van der Waals surface area (Å²) in [5.41, 5.74) is 0. The molecule has 0 saturated carbocycles. The van der Waals surface area contributed by atoms with E-state index in [1.807, 2.05) is 0 Å². The molecular formula is C3H3BBr3CuN2O3. The van der Waals surface area contributed by atoms with Gasteiger partial charge >= 0.3 is 24.4 Å². The number of hydrogen-bond acceptors (Lipinski definition) is 5. The molecule has 0 fully saturated rings. The Hall–Kier alpha value is 1.11. The van der Waals surface area contributed by atoms with Crippen molar-refractivity contribution in [2.75, 3.05) is 0 Å². The molecule has 0 unspecified atom stereocenters. The summed E-state index contributed by atoms with van der Waals surface area (Å²) in [5.74, 6) is 0. The molecule has 0 amide bonds. The van der Waals surface area contributed by atoms with Crippen molar-refractivity contribution in [2.24, 2.45) is 0 Å². The average Bonchev–Trinajstić information content (AvgIpc) is 2.19. The van der Waals surface area contributed by atoms with Gasteiger partial charge in [0.25, 0.3) is 0 Å². The molecule has 1 rings (SSSR count). The van der Waals surface area contributed by atoms with Gasteiger partial charge in [-0.1, -0.05) is 20.4 Å². The minimum absolute atomic E-state index is 0. The van der Waals surface area contributed by atoms with Crippen LogP contribution < -0.4 is 0 Å². The van der Waals surface area contributed by atoms with E-state index in [4.69, 9.17) is 15.1 Å². The Morgan fingerprint density at radius 2 is 1.62 bits per heavy atom. The van der Waals surface area contributed by atoms with E-state index in [9.17, 15) is 0 Å². The second-order valence-corrected chi connectivity index (χ2v) is 3.74. The van der Waals surface area contributed by atoms with E-state index in [0.29, 0.717) is 0 Å². The number of hydrogen-bond donors (Lipinski definition) is 3. The van der Waals surface area contributed by atoms with Crippen molar-refractivity contribution in [1.29, 1.82) is 0 Å². The van der Waals surface area contributed by atoms with Crippen LogP contribution in [0.4, 0.5) is 0 Å². The fraction of sp³-hybridized carbons (Fsp3) is 0. The zero-order valence-corrected chi connectivity index (χ0v) is 11.4. The number of aromatic nitrogens is 2. The quantitative estimate of drug-likeness (QED) is 0.412. The maximum absolute atomic E-state index is 7.17. The Morgan fingerprint density at radius 1 is 1.23 bits per heavy atom. The molecule has 0 aliphatic carbocycles. The Morgan fingerprint density at radius 3 is 1.69 bits per heavy atom. The van der Waals surface area contributed by atoms with E-state index in [2.05, 4.69) is 58.0 Å². The molecule has 1 heterocycles. The smallest absolute Gasteiger partial charge is 0.402 e. The standard InChI is InChI=1S/C3Br3N2.BH3O3.Cu/c4-1-2(5)7-8-3(1)6;2-1(3)4;/h;2-4H;/q-1;;+1. The second kappa shape index (κ2) is 8.43. The summed E-state index contributed by atoms with van der Waals surface area (Å²) >= 11 is 9.56. The molecule has 0 bridgehead atoms. The largest absolute Gasteiger partial charge is 1.00 e. The van der Waals surface area contributed by atoms with Crippen LogP contribution in [-0.4, -0.2) is 32.6 Å². The Balaban J connectivity index is 0. The Bertz CT molecular complexity index is 226. The van der Waals surface area contributed by atoms with Gasteiger partial charge in [0, 0.05) is 0 Å². The van der Waals surface area contributed by atoms with Gasteiger partial charge in [0.15, 0.2) is 0 Å². The van der Waals surface area contributed by atoms with Crippen molar-refractivity contribution in [3.63, 3.8) is 0 Å². The van der Waals surface area contributed by atoms with Crippen molar-refractivity contribution in [3.8, 4) is 0 Å².